The molecule has 17 heavy (non-hydrogen) atoms. The molecule has 0 saturated carbocycles. The van der Waals surface area contributed by atoms with Crippen LogP contribution in [0.5, 0.6) is 0 Å². The number of aryl methyl sites for hydroxylation is 2. The molecule has 0 aliphatic rings. The Morgan fingerprint density at radius 2 is 2.12 bits per heavy atom. The monoisotopic (exact) mass is 239 g/mol. The van der Waals surface area contributed by atoms with E-state index in [-0.39, 0.29) is 11.6 Å². The third-order valence-corrected chi connectivity index (χ3v) is 2.70. The SMILES string of the molecule is CCc1cc(CC(O)CNC(C)(C)C)n(C)n1. The fourth-order valence-corrected chi connectivity index (χ4v) is 1.67. The van der Waals surface area contributed by atoms with Crippen LogP contribution < -0.4 is 5.32 Å². The molecule has 1 atom stereocenters. The Hall–Kier alpha value is -0.870. The third kappa shape index (κ3) is 4.88. The fourth-order valence-electron chi connectivity index (χ4n) is 1.67. The van der Waals surface area contributed by atoms with Crippen molar-refractivity contribution in [3.05, 3.63) is 17.5 Å². The molecule has 2 N–H and O–H groups in total. The van der Waals surface area contributed by atoms with Gasteiger partial charge >= 0.3 is 0 Å². The van der Waals surface area contributed by atoms with Gasteiger partial charge in [-0.25, -0.2) is 0 Å². The summed E-state index contributed by atoms with van der Waals surface area (Å²) in [5, 5.41) is 17.6. The third-order valence-electron chi connectivity index (χ3n) is 2.70. The lowest BCUT2D eigenvalue weighted by Crippen LogP contribution is -2.41. The van der Waals surface area contributed by atoms with Gasteiger partial charge in [-0.1, -0.05) is 6.92 Å². The van der Waals surface area contributed by atoms with Crippen LogP contribution >= 0.6 is 0 Å². The van der Waals surface area contributed by atoms with E-state index in [1.54, 1.807) is 0 Å². The number of β-amino-alcohol motifs (C(OH)–C–C–N with tert-alkyl or cyclic N) is 1. The summed E-state index contributed by atoms with van der Waals surface area (Å²) in [5.74, 6) is 0. The number of hydrogen-bond donors (Lipinski definition) is 2. The highest BCUT2D eigenvalue weighted by atomic mass is 16.3. The first-order chi connectivity index (χ1) is 7.81. The molecule has 0 fully saturated rings. The minimum Gasteiger partial charge on any atom is -0.391 e. The highest BCUT2D eigenvalue weighted by Crippen LogP contribution is 2.07. The zero-order valence-corrected chi connectivity index (χ0v) is 11.6. The summed E-state index contributed by atoms with van der Waals surface area (Å²) in [6.45, 7) is 8.98. The highest BCUT2D eigenvalue weighted by Gasteiger charge is 2.14. The molecule has 98 valence electrons. The van der Waals surface area contributed by atoms with Crippen molar-refractivity contribution in [1.82, 2.24) is 15.1 Å². The minimum absolute atomic E-state index is 0.0437. The summed E-state index contributed by atoms with van der Waals surface area (Å²) >= 11 is 0. The van der Waals surface area contributed by atoms with Crippen LogP contribution in [0, 0.1) is 0 Å². The van der Waals surface area contributed by atoms with Crippen LogP contribution in [0.2, 0.25) is 0 Å². The summed E-state index contributed by atoms with van der Waals surface area (Å²) in [6.07, 6.45) is 1.21. The smallest absolute Gasteiger partial charge is 0.0719 e. The van der Waals surface area contributed by atoms with Crippen LogP contribution in [0.25, 0.3) is 0 Å². The molecule has 0 aliphatic heterocycles. The average Bonchev–Trinajstić information content (AvgIpc) is 2.56. The first kappa shape index (κ1) is 14.2. The quantitative estimate of drug-likeness (QED) is 0.813. The van der Waals surface area contributed by atoms with Gasteiger partial charge in [-0.15, -0.1) is 0 Å². The Kier molecular flexibility index (Phi) is 4.71. The molecular formula is C13H25N3O. The van der Waals surface area contributed by atoms with E-state index in [1.165, 1.54) is 0 Å². The van der Waals surface area contributed by atoms with E-state index >= 15 is 0 Å². The molecule has 1 aromatic heterocycles. The molecule has 0 spiro atoms. The van der Waals surface area contributed by atoms with Gasteiger partial charge in [-0.05, 0) is 33.3 Å². The van der Waals surface area contributed by atoms with Crippen molar-refractivity contribution in [1.29, 1.82) is 0 Å². The van der Waals surface area contributed by atoms with Crippen LogP contribution in [0.3, 0.4) is 0 Å². The molecule has 0 aromatic carbocycles. The van der Waals surface area contributed by atoms with Gasteiger partial charge in [0.05, 0.1) is 11.8 Å². The predicted octanol–water partition coefficient (Wildman–Crippen LogP) is 1.27. The molecule has 1 rings (SSSR count). The van der Waals surface area contributed by atoms with E-state index in [0.29, 0.717) is 13.0 Å². The zero-order valence-electron chi connectivity index (χ0n) is 11.6. The van der Waals surface area contributed by atoms with Gasteiger partial charge < -0.3 is 10.4 Å². The van der Waals surface area contributed by atoms with Gasteiger partial charge in [0, 0.05) is 31.2 Å². The molecule has 0 aliphatic carbocycles. The molecule has 1 heterocycles. The number of aromatic nitrogens is 2. The second-order valence-electron chi connectivity index (χ2n) is 5.59. The maximum atomic E-state index is 9.97. The molecule has 1 aromatic rings. The lowest BCUT2D eigenvalue weighted by Gasteiger charge is -2.22. The van der Waals surface area contributed by atoms with Crippen LogP contribution in [0.1, 0.15) is 39.1 Å². The predicted molar refractivity (Wildman–Crippen MR) is 70.1 cm³/mol. The van der Waals surface area contributed by atoms with Crippen molar-refractivity contribution in [2.75, 3.05) is 6.54 Å². The number of aliphatic hydroxyl groups is 1. The lowest BCUT2D eigenvalue weighted by atomic mass is 10.1. The summed E-state index contributed by atoms with van der Waals surface area (Å²) in [7, 11) is 1.93. The van der Waals surface area contributed by atoms with Crippen molar-refractivity contribution < 1.29 is 5.11 Å². The van der Waals surface area contributed by atoms with Gasteiger partial charge in [-0.3, -0.25) is 4.68 Å². The van der Waals surface area contributed by atoms with Crippen LogP contribution in [0.4, 0.5) is 0 Å². The Morgan fingerprint density at radius 3 is 2.59 bits per heavy atom. The van der Waals surface area contributed by atoms with Crippen molar-refractivity contribution in [2.24, 2.45) is 7.05 Å². The maximum absolute atomic E-state index is 9.97. The second kappa shape index (κ2) is 5.65. The number of aliphatic hydroxyl groups excluding tert-OH is 1. The molecule has 4 heteroatoms. The van der Waals surface area contributed by atoms with E-state index in [4.69, 9.17) is 0 Å². The summed E-state index contributed by atoms with van der Waals surface area (Å²) in [5.41, 5.74) is 2.21. The standard InChI is InChI=1S/C13H25N3O/c1-6-10-7-11(16(5)15-10)8-12(17)9-14-13(2,3)4/h7,12,14,17H,6,8-9H2,1-5H3. The Bertz CT molecular complexity index is 352. The van der Waals surface area contributed by atoms with Crippen LogP contribution in [-0.2, 0) is 19.9 Å². The highest BCUT2D eigenvalue weighted by molar-refractivity contribution is 5.11. The van der Waals surface area contributed by atoms with Crippen molar-refractivity contribution in [2.45, 2.75) is 52.2 Å². The molecule has 0 radical (unpaired) electrons. The van der Waals surface area contributed by atoms with Gasteiger partial charge in [0.15, 0.2) is 0 Å². The molecule has 0 saturated heterocycles. The average molecular weight is 239 g/mol. The van der Waals surface area contributed by atoms with E-state index < -0.39 is 0 Å². The number of nitrogens with one attached hydrogen (secondary N) is 1. The van der Waals surface area contributed by atoms with Gasteiger partial charge in [0.2, 0.25) is 0 Å². The second-order valence-corrected chi connectivity index (χ2v) is 5.59. The maximum Gasteiger partial charge on any atom is 0.0719 e. The zero-order chi connectivity index (χ0) is 13.1. The first-order valence-corrected chi connectivity index (χ1v) is 6.26. The largest absolute Gasteiger partial charge is 0.391 e. The minimum atomic E-state index is -0.366. The Labute approximate surface area is 104 Å². The normalized spacial score (nSPS) is 14.0. The molecule has 0 amide bonds. The first-order valence-electron chi connectivity index (χ1n) is 6.26. The van der Waals surface area contributed by atoms with E-state index in [1.807, 2.05) is 11.7 Å². The van der Waals surface area contributed by atoms with E-state index in [9.17, 15) is 5.11 Å². The number of rotatable bonds is 5. The van der Waals surface area contributed by atoms with Gasteiger partial charge in [-0.2, -0.15) is 5.10 Å². The number of nitrogens with zero attached hydrogens (tertiary/aromatic N) is 2. The Morgan fingerprint density at radius 1 is 1.47 bits per heavy atom. The summed E-state index contributed by atoms with van der Waals surface area (Å²) < 4.78 is 1.86. The topological polar surface area (TPSA) is 50.1 Å². The molecule has 0 bridgehead atoms. The molecule has 1 unspecified atom stereocenters. The van der Waals surface area contributed by atoms with Crippen LogP contribution in [-0.4, -0.2) is 33.1 Å². The van der Waals surface area contributed by atoms with Crippen LogP contribution in [0.15, 0.2) is 6.07 Å². The summed E-state index contributed by atoms with van der Waals surface area (Å²) in [6, 6.07) is 2.07. The molecule has 4 nitrogen and oxygen atoms in total. The van der Waals surface area contributed by atoms with Gasteiger partial charge in [0.25, 0.3) is 0 Å². The van der Waals surface area contributed by atoms with Crippen molar-refractivity contribution in [3.63, 3.8) is 0 Å². The summed E-state index contributed by atoms with van der Waals surface area (Å²) in [4.78, 5) is 0. The van der Waals surface area contributed by atoms with E-state index in [0.717, 1.165) is 17.8 Å². The van der Waals surface area contributed by atoms with E-state index in [2.05, 4.69) is 44.2 Å². The lowest BCUT2D eigenvalue weighted by molar-refractivity contribution is 0.158. The van der Waals surface area contributed by atoms with Crippen molar-refractivity contribution >= 4 is 0 Å². The Balaban J connectivity index is 2.50. The fraction of sp³-hybridized carbons (Fsp3) is 0.769. The number of hydrogen-bond acceptors (Lipinski definition) is 3. The molecular weight excluding hydrogens is 214 g/mol. The van der Waals surface area contributed by atoms with Crippen molar-refractivity contribution in [3.8, 4) is 0 Å². The van der Waals surface area contributed by atoms with Gasteiger partial charge in [0.1, 0.15) is 0 Å².